The zero-order chi connectivity index (χ0) is 15.1. The fourth-order valence-electron chi connectivity index (χ4n) is 2.39. The van der Waals surface area contributed by atoms with E-state index in [2.05, 4.69) is 23.3 Å². The predicted octanol–water partition coefficient (Wildman–Crippen LogP) is 3.22. The van der Waals surface area contributed by atoms with Crippen LogP contribution in [0.3, 0.4) is 0 Å². The Labute approximate surface area is 125 Å². The Morgan fingerprint density at radius 2 is 2.10 bits per heavy atom. The smallest absolute Gasteiger partial charge is 0.303 e. The number of para-hydroxylation sites is 1. The average Bonchev–Trinajstić information content (AvgIpc) is 2.49. The van der Waals surface area contributed by atoms with Gasteiger partial charge in [-0.25, -0.2) is 0 Å². The standard InChI is InChI=1S/C17H22N2O2/c1-13(6-7-17(20)21)8-10-18-12-14-9-11-19-16-5-3-2-4-15(14)16/h2-5,9,11,13,18H,6-8,10,12H2,1H3,(H,20,21). The number of carboxylic acid groups (broad SMARTS) is 1. The monoisotopic (exact) mass is 286 g/mol. The van der Waals surface area contributed by atoms with Crippen LogP contribution in [0.2, 0.25) is 0 Å². The third-order valence-electron chi connectivity index (χ3n) is 3.72. The van der Waals surface area contributed by atoms with Crippen molar-refractivity contribution >= 4 is 16.9 Å². The van der Waals surface area contributed by atoms with E-state index < -0.39 is 5.97 Å². The lowest BCUT2D eigenvalue weighted by Crippen LogP contribution is -2.17. The number of carboxylic acids is 1. The molecule has 1 unspecified atom stereocenters. The molecule has 0 aliphatic rings. The molecule has 0 saturated carbocycles. The number of fused-ring (bicyclic) bond motifs is 1. The molecule has 21 heavy (non-hydrogen) atoms. The molecular formula is C17H22N2O2. The Balaban J connectivity index is 1.79. The predicted molar refractivity (Wildman–Crippen MR) is 84.1 cm³/mol. The Kier molecular flexibility index (Phi) is 5.69. The average molecular weight is 286 g/mol. The van der Waals surface area contributed by atoms with Gasteiger partial charge in [0.1, 0.15) is 0 Å². The lowest BCUT2D eigenvalue weighted by Gasteiger charge is -2.11. The van der Waals surface area contributed by atoms with Crippen molar-refractivity contribution in [2.24, 2.45) is 5.92 Å². The van der Waals surface area contributed by atoms with E-state index in [0.29, 0.717) is 5.92 Å². The third-order valence-corrected chi connectivity index (χ3v) is 3.72. The van der Waals surface area contributed by atoms with Crippen molar-refractivity contribution in [3.63, 3.8) is 0 Å². The highest BCUT2D eigenvalue weighted by Gasteiger charge is 2.05. The van der Waals surface area contributed by atoms with Crippen LogP contribution < -0.4 is 5.32 Å². The molecular weight excluding hydrogens is 264 g/mol. The number of nitrogens with one attached hydrogen (secondary N) is 1. The lowest BCUT2D eigenvalue weighted by atomic mass is 10.0. The molecule has 0 bridgehead atoms. The van der Waals surface area contributed by atoms with Crippen LogP contribution >= 0.6 is 0 Å². The van der Waals surface area contributed by atoms with Gasteiger partial charge in [0.15, 0.2) is 0 Å². The molecule has 1 atom stereocenters. The molecule has 4 heteroatoms. The van der Waals surface area contributed by atoms with E-state index >= 15 is 0 Å². The van der Waals surface area contributed by atoms with Gasteiger partial charge in [-0.1, -0.05) is 25.1 Å². The zero-order valence-electron chi connectivity index (χ0n) is 12.4. The number of hydrogen-bond donors (Lipinski definition) is 2. The van der Waals surface area contributed by atoms with Gasteiger partial charge in [-0.15, -0.1) is 0 Å². The van der Waals surface area contributed by atoms with Gasteiger partial charge in [-0.3, -0.25) is 9.78 Å². The second-order valence-electron chi connectivity index (χ2n) is 5.49. The van der Waals surface area contributed by atoms with Crippen LogP contribution in [0.4, 0.5) is 0 Å². The normalized spacial score (nSPS) is 12.4. The Morgan fingerprint density at radius 3 is 2.90 bits per heavy atom. The maximum absolute atomic E-state index is 10.5. The fourth-order valence-corrected chi connectivity index (χ4v) is 2.39. The van der Waals surface area contributed by atoms with Crippen LogP contribution in [0.25, 0.3) is 10.9 Å². The van der Waals surface area contributed by atoms with Crippen molar-refractivity contribution in [3.8, 4) is 0 Å². The van der Waals surface area contributed by atoms with Crippen LogP contribution in [-0.4, -0.2) is 22.6 Å². The summed E-state index contributed by atoms with van der Waals surface area (Å²) in [6.45, 7) is 3.82. The summed E-state index contributed by atoms with van der Waals surface area (Å²) >= 11 is 0. The number of aliphatic carboxylic acids is 1. The first-order chi connectivity index (χ1) is 10.2. The molecule has 1 aromatic carbocycles. The zero-order valence-corrected chi connectivity index (χ0v) is 12.4. The van der Waals surface area contributed by atoms with Gasteiger partial charge in [0.2, 0.25) is 0 Å². The molecule has 0 radical (unpaired) electrons. The topological polar surface area (TPSA) is 62.2 Å². The molecule has 0 spiro atoms. The van der Waals surface area contributed by atoms with Crippen LogP contribution in [-0.2, 0) is 11.3 Å². The number of nitrogens with zero attached hydrogens (tertiary/aromatic N) is 1. The maximum Gasteiger partial charge on any atom is 0.303 e. The van der Waals surface area contributed by atoms with Gasteiger partial charge < -0.3 is 10.4 Å². The van der Waals surface area contributed by atoms with E-state index in [-0.39, 0.29) is 6.42 Å². The molecule has 0 amide bonds. The van der Waals surface area contributed by atoms with Crippen molar-refractivity contribution in [1.82, 2.24) is 10.3 Å². The quantitative estimate of drug-likeness (QED) is 0.731. The SMILES string of the molecule is CC(CCNCc1ccnc2ccccc12)CCC(=O)O. The first-order valence-corrected chi connectivity index (χ1v) is 7.42. The molecule has 112 valence electrons. The molecule has 0 aliphatic carbocycles. The first kappa shape index (κ1) is 15.4. The number of carbonyl (C=O) groups is 1. The van der Waals surface area contributed by atoms with Gasteiger partial charge in [0, 0.05) is 24.5 Å². The van der Waals surface area contributed by atoms with Crippen LogP contribution in [0, 0.1) is 5.92 Å². The molecule has 0 aliphatic heterocycles. The van der Waals surface area contributed by atoms with Crippen molar-refractivity contribution in [2.45, 2.75) is 32.7 Å². The highest BCUT2D eigenvalue weighted by Crippen LogP contribution is 2.16. The van der Waals surface area contributed by atoms with Crippen molar-refractivity contribution in [3.05, 3.63) is 42.1 Å². The second-order valence-corrected chi connectivity index (χ2v) is 5.49. The molecule has 1 aromatic heterocycles. The minimum atomic E-state index is -0.710. The van der Waals surface area contributed by atoms with Crippen LogP contribution in [0.5, 0.6) is 0 Å². The number of rotatable bonds is 8. The van der Waals surface area contributed by atoms with Crippen molar-refractivity contribution in [2.75, 3.05) is 6.54 Å². The van der Waals surface area contributed by atoms with E-state index in [1.807, 2.05) is 30.5 Å². The van der Waals surface area contributed by atoms with Gasteiger partial charge in [-0.05, 0) is 43.0 Å². The summed E-state index contributed by atoms with van der Waals surface area (Å²) in [5, 5.41) is 13.3. The molecule has 1 heterocycles. The highest BCUT2D eigenvalue weighted by atomic mass is 16.4. The summed E-state index contributed by atoms with van der Waals surface area (Å²) in [6, 6.07) is 10.2. The Morgan fingerprint density at radius 1 is 1.29 bits per heavy atom. The van der Waals surface area contributed by atoms with Crippen LogP contribution in [0.15, 0.2) is 36.5 Å². The number of hydrogen-bond acceptors (Lipinski definition) is 3. The Bertz CT molecular complexity index is 593. The lowest BCUT2D eigenvalue weighted by molar-refractivity contribution is -0.137. The molecule has 2 aromatic rings. The van der Waals surface area contributed by atoms with E-state index in [1.165, 1.54) is 10.9 Å². The molecule has 0 saturated heterocycles. The summed E-state index contributed by atoms with van der Waals surface area (Å²) in [5.74, 6) is -0.277. The number of aromatic nitrogens is 1. The summed E-state index contributed by atoms with van der Waals surface area (Å²) < 4.78 is 0. The highest BCUT2D eigenvalue weighted by molar-refractivity contribution is 5.81. The minimum Gasteiger partial charge on any atom is -0.481 e. The Hall–Kier alpha value is -1.94. The van der Waals surface area contributed by atoms with E-state index in [9.17, 15) is 4.79 Å². The van der Waals surface area contributed by atoms with Gasteiger partial charge >= 0.3 is 5.97 Å². The fraction of sp³-hybridized carbons (Fsp3) is 0.412. The van der Waals surface area contributed by atoms with E-state index in [4.69, 9.17) is 5.11 Å². The first-order valence-electron chi connectivity index (χ1n) is 7.42. The van der Waals surface area contributed by atoms with Gasteiger partial charge in [-0.2, -0.15) is 0 Å². The maximum atomic E-state index is 10.5. The molecule has 2 N–H and O–H groups in total. The number of pyridine rings is 1. The largest absolute Gasteiger partial charge is 0.481 e. The van der Waals surface area contributed by atoms with Gasteiger partial charge in [0.05, 0.1) is 5.52 Å². The summed E-state index contributed by atoms with van der Waals surface area (Å²) in [4.78, 5) is 14.9. The second kappa shape index (κ2) is 7.74. The third kappa shape index (κ3) is 4.83. The van der Waals surface area contributed by atoms with E-state index in [1.54, 1.807) is 0 Å². The summed E-state index contributed by atoms with van der Waals surface area (Å²) in [6.07, 6.45) is 3.84. The van der Waals surface area contributed by atoms with Crippen molar-refractivity contribution < 1.29 is 9.90 Å². The molecule has 2 rings (SSSR count). The summed E-state index contributed by atoms with van der Waals surface area (Å²) in [5.41, 5.74) is 2.27. The summed E-state index contributed by atoms with van der Waals surface area (Å²) in [7, 11) is 0. The molecule has 4 nitrogen and oxygen atoms in total. The van der Waals surface area contributed by atoms with Crippen LogP contribution in [0.1, 0.15) is 31.7 Å². The van der Waals surface area contributed by atoms with Gasteiger partial charge in [0.25, 0.3) is 0 Å². The molecule has 0 fully saturated rings. The van der Waals surface area contributed by atoms with Crippen molar-refractivity contribution in [1.29, 1.82) is 0 Å². The van der Waals surface area contributed by atoms with E-state index in [0.717, 1.165) is 31.4 Å². The number of benzene rings is 1. The minimum absolute atomic E-state index is 0.260.